The number of hydrogen-bond acceptors (Lipinski definition) is 3. The molecule has 0 bridgehead atoms. The second-order valence-corrected chi connectivity index (χ2v) is 6.20. The van der Waals surface area contributed by atoms with Gasteiger partial charge in [-0.2, -0.15) is 0 Å². The summed E-state index contributed by atoms with van der Waals surface area (Å²) in [7, 11) is 1.96. The van der Waals surface area contributed by atoms with Crippen molar-refractivity contribution in [2.45, 2.75) is 32.8 Å². The highest BCUT2D eigenvalue weighted by Gasteiger charge is 2.24. The van der Waals surface area contributed by atoms with Crippen molar-refractivity contribution in [1.82, 2.24) is 10.2 Å². The van der Waals surface area contributed by atoms with E-state index in [1.807, 2.05) is 42.3 Å². The molecule has 1 saturated heterocycles. The van der Waals surface area contributed by atoms with Crippen LogP contribution in [0.15, 0.2) is 30.3 Å². The van der Waals surface area contributed by atoms with E-state index >= 15 is 0 Å². The summed E-state index contributed by atoms with van der Waals surface area (Å²) < 4.78 is 5.92. The maximum absolute atomic E-state index is 12.3. The minimum atomic E-state index is 0.0851. The molecule has 1 aromatic rings. The highest BCUT2D eigenvalue weighted by Crippen LogP contribution is 2.22. The van der Waals surface area contributed by atoms with Crippen LogP contribution in [0.4, 0.5) is 0 Å². The van der Waals surface area contributed by atoms with Crippen molar-refractivity contribution in [2.24, 2.45) is 5.92 Å². The molecule has 0 radical (unpaired) electrons. The van der Waals surface area contributed by atoms with Gasteiger partial charge >= 0.3 is 0 Å². The van der Waals surface area contributed by atoms with E-state index in [9.17, 15) is 4.79 Å². The van der Waals surface area contributed by atoms with Crippen LogP contribution in [-0.2, 0) is 4.79 Å². The van der Waals surface area contributed by atoms with Crippen molar-refractivity contribution in [3.63, 3.8) is 0 Å². The van der Waals surface area contributed by atoms with Crippen molar-refractivity contribution in [3.05, 3.63) is 35.9 Å². The van der Waals surface area contributed by atoms with Gasteiger partial charge in [0.05, 0.1) is 6.10 Å². The smallest absolute Gasteiger partial charge is 0.246 e. The van der Waals surface area contributed by atoms with Gasteiger partial charge in [-0.1, -0.05) is 25.1 Å². The summed E-state index contributed by atoms with van der Waals surface area (Å²) in [5.41, 5.74) is 0.951. The number of nitrogens with zero attached hydrogens (tertiary/aromatic N) is 1. The molecule has 0 aromatic heterocycles. The summed E-state index contributed by atoms with van der Waals surface area (Å²) in [6.07, 6.45) is 5.73. The fourth-order valence-corrected chi connectivity index (χ4v) is 2.78. The van der Waals surface area contributed by atoms with Crippen molar-refractivity contribution < 1.29 is 9.53 Å². The maximum Gasteiger partial charge on any atom is 0.246 e. The summed E-state index contributed by atoms with van der Waals surface area (Å²) >= 11 is 0. The highest BCUT2D eigenvalue weighted by atomic mass is 16.5. The summed E-state index contributed by atoms with van der Waals surface area (Å²) in [4.78, 5) is 14.3. The molecule has 126 valence electrons. The zero-order valence-electron chi connectivity index (χ0n) is 14.4. The number of benzene rings is 1. The second kappa shape index (κ2) is 8.73. The van der Waals surface area contributed by atoms with E-state index in [2.05, 4.69) is 19.2 Å². The molecule has 1 aromatic carbocycles. The maximum atomic E-state index is 12.3. The molecule has 4 heteroatoms. The first-order chi connectivity index (χ1) is 11.1. The molecular formula is C19H28N2O2. The lowest BCUT2D eigenvalue weighted by molar-refractivity contribution is -0.125. The third-order valence-electron chi connectivity index (χ3n) is 4.32. The highest BCUT2D eigenvalue weighted by molar-refractivity contribution is 5.92. The lowest BCUT2D eigenvalue weighted by Gasteiger charge is -2.15. The van der Waals surface area contributed by atoms with Crippen LogP contribution in [0.1, 0.15) is 32.3 Å². The second-order valence-electron chi connectivity index (χ2n) is 6.20. The Morgan fingerprint density at radius 3 is 3.00 bits per heavy atom. The molecule has 1 amide bonds. The normalized spacial score (nSPS) is 19.3. The average Bonchev–Trinajstić information content (AvgIpc) is 3.02. The topological polar surface area (TPSA) is 41.6 Å². The van der Waals surface area contributed by atoms with Crippen molar-refractivity contribution in [1.29, 1.82) is 0 Å². The Balaban J connectivity index is 1.98. The summed E-state index contributed by atoms with van der Waals surface area (Å²) in [6.45, 7) is 6.81. The average molecular weight is 316 g/mol. The lowest BCUT2D eigenvalue weighted by atomic mass is 10.1. The van der Waals surface area contributed by atoms with Gasteiger partial charge in [-0.25, -0.2) is 0 Å². The number of rotatable bonds is 7. The van der Waals surface area contributed by atoms with Gasteiger partial charge in [-0.15, -0.1) is 0 Å². The summed E-state index contributed by atoms with van der Waals surface area (Å²) in [5.74, 6) is 1.49. The fraction of sp³-hybridized carbons (Fsp3) is 0.526. The molecule has 4 nitrogen and oxygen atoms in total. The lowest BCUT2D eigenvalue weighted by Crippen LogP contribution is -2.28. The number of hydrogen-bond donors (Lipinski definition) is 1. The van der Waals surface area contributed by atoms with Gasteiger partial charge in [0.25, 0.3) is 0 Å². The molecule has 1 aliphatic heterocycles. The van der Waals surface area contributed by atoms with Crippen molar-refractivity contribution >= 4 is 12.0 Å². The van der Waals surface area contributed by atoms with Crippen LogP contribution in [0.3, 0.4) is 0 Å². The van der Waals surface area contributed by atoms with Gasteiger partial charge in [0.1, 0.15) is 5.75 Å². The molecule has 1 fully saturated rings. The van der Waals surface area contributed by atoms with E-state index in [4.69, 9.17) is 4.74 Å². The number of amides is 1. The van der Waals surface area contributed by atoms with E-state index in [1.54, 1.807) is 6.08 Å². The van der Waals surface area contributed by atoms with Gasteiger partial charge in [0, 0.05) is 24.7 Å². The number of likely N-dealkylation sites (tertiary alicyclic amines) is 1. The van der Waals surface area contributed by atoms with E-state index in [0.29, 0.717) is 5.92 Å². The third-order valence-corrected chi connectivity index (χ3v) is 4.32. The van der Waals surface area contributed by atoms with Crippen molar-refractivity contribution in [3.8, 4) is 5.75 Å². The number of para-hydroxylation sites is 1. The Kier molecular flexibility index (Phi) is 6.66. The Morgan fingerprint density at radius 1 is 1.48 bits per heavy atom. The monoisotopic (exact) mass is 316 g/mol. The molecule has 23 heavy (non-hydrogen) atoms. The minimum Gasteiger partial charge on any atom is -0.490 e. The standard InChI is InChI=1S/C19H28N2O2/c1-4-15(2)23-18-8-6-5-7-17(18)9-10-19(22)21-12-11-16(14-21)13-20-3/h5-10,15-16,20H,4,11-14H2,1-3H3. The number of carbonyl (C=O) groups excluding carboxylic acids is 1. The Bertz CT molecular complexity index is 542. The molecule has 1 aliphatic rings. The van der Waals surface area contributed by atoms with Crippen LogP contribution in [0.5, 0.6) is 5.75 Å². The zero-order valence-corrected chi connectivity index (χ0v) is 14.4. The van der Waals surface area contributed by atoms with Gasteiger partial charge in [0.15, 0.2) is 0 Å². The minimum absolute atomic E-state index is 0.0851. The Hall–Kier alpha value is -1.81. The van der Waals surface area contributed by atoms with Gasteiger partial charge in [-0.3, -0.25) is 4.79 Å². The molecule has 0 spiro atoms. The van der Waals surface area contributed by atoms with Crippen LogP contribution in [-0.4, -0.2) is 43.6 Å². The number of ether oxygens (including phenoxy) is 1. The van der Waals surface area contributed by atoms with E-state index in [0.717, 1.165) is 43.8 Å². The Morgan fingerprint density at radius 2 is 2.26 bits per heavy atom. The predicted octanol–water partition coefficient (Wildman–Crippen LogP) is 2.95. The molecule has 2 atom stereocenters. The third kappa shape index (κ3) is 5.10. The summed E-state index contributed by atoms with van der Waals surface area (Å²) in [6, 6.07) is 7.86. The van der Waals surface area contributed by atoms with Gasteiger partial charge < -0.3 is 15.0 Å². The molecule has 1 heterocycles. The van der Waals surface area contributed by atoms with Crippen LogP contribution in [0.2, 0.25) is 0 Å². The van der Waals surface area contributed by atoms with E-state index in [-0.39, 0.29) is 12.0 Å². The molecule has 2 unspecified atom stereocenters. The van der Waals surface area contributed by atoms with Crippen LogP contribution < -0.4 is 10.1 Å². The first-order valence-corrected chi connectivity index (χ1v) is 8.51. The van der Waals surface area contributed by atoms with E-state index < -0.39 is 0 Å². The first kappa shape index (κ1) is 17.5. The van der Waals surface area contributed by atoms with Gasteiger partial charge in [-0.05, 0) is 51.4 Å². The molecular weight excluding hydrogens is 288 g/mol. The summed E-state index contributed by atoms with van der Waals surface area (Å²) in [5, 5.41) is 3.19. The molecule has 0 saturated carbocycles. The predicted molar refractivity (Wildman–Crippen MR) is 94.5 cm³/mol. The SMILES string of the molecule is CCC(C)Oc1ccccc1C=CC(=O)N1CCC(CNC)C1. The van der Waals surface area contributed by atoms with Gasteiger partial charge in [0.2, 0.25) is 5.91 Å². The van der Waals surface area contributed by atoms with Crippen LogP contribution in [0, 0.1) is 5.92 Å². The molecule has 0 aliphatic carbocycles. The zero-order chi connectivity index (χ0) is 16.7. The van der Waals surface area contributed by atoms with Crippen LogP contribution >= 0.6 is 0 Å². The number of nitrogens with one attached hydrogen (secondary N) is 1. The Labute approximate surface area is 139 Å². The fourth-order valence-electron chi connectivity index (χ4n) is 2.78. The largest absolute Gasteiger partial charge is 0.490 e. The molecule has 2 rings (SSSR count). The number of carbonyl (C=O) groups is 1. The quantitative estimate of drug-likeness (QED) is 0.786. The van der Waals surface area contributed by atoms with Crippen molar-refractivity contribution in [2.75, 3.05) is 26.7 Å². The first-order valence-electron chi connectivity index (χ1n) is 8.51. The van der Waals surface area contributed by atoms with Crippen LogP contribution in [0.25, 0.3) is 6.08 Å². The molecule has 1 N–H and O–H groups in total. The van der Waals surface area contributed by atoms with E-state index in [1.165, 1.54) is 0 Å².